The molecule has 2 aromatic heterocycles. The first kappa shape index (κ1) is 52.2. The molecule has 0 unspecified atom stereocenters. The number of nitrogens with zero attached hydrogens (tertiary/aromatic N) is 7. The SMILES string of the molecule is CCC(=O)N[C@H]1C[C@@H](n2cnc3c(NCC(c4ccccc4)c4ccccc4)nc(N4CC[C@@H](NC(=O)N[C@@H]5CCN(C(=O)NC6CCN(C(=O)OCc7ccccc7)CC6)C5)C4)nc32)[C@H](O)[C@@H]1OC(=O)C(F)(F)F. The van der Waals surface area contributed by atoms with Gasteiger partial charge in [-0.25, -0.2) is 24.2 Å². The maximum atomic E-state index is 13.5. The fraction of sp³-hybridized carbons (Fsp3) is 0.462. The molecule has 3 saturated heterocycles. The highest BCUT2D eigenvalue weighted by molar-refractivity contribution is 5.85. The molecular formula is C52H61F3N12O8. The van der Waals surface area contributed by atoms with Gasteiger partial charge in [-0.3, -0.25) is 4.79 Å². The fourth-order valence-electron chi connectivity index (χ4n) is 10.3. The van der Waals surface area contributed by atoms with Crippen LogP contribution in [-0.4, -0.2) is 153 Å². The van der Waals surface area contributed by atoms with Crippen LogP contribution in [0.25, 0.3) is 11.2 Å². The third-order valence-electron chi connectivity index (χ3n) is 14.3. The predicted octanol–water partition coefficient (Wildman–Crippen LogP) is 5.21. The van der Waals surface area contributed by atoms with E-state index in [0.29, 0.717) is 82.8 Å². The van der Waals surface area contributed by atoms with Crippen molar-refractivity contribution in [3.8, 4) is 0 Å². The average Bonchev–Trinajstić information content (AvgIpc) is 4.24. The summed E-state index contributed by atoms with van der Waals surface area (Å²) in [6, 6.07) is 25.7. The van der Waals surface area contributed by atoms with E-state index in [0.717, 1.165) is 16.7 Å². The number of aliphatic hydroxyl groups excluding tert-OH is 1. The molecule has 5 heterocycles. The van der Waals surface area contributed by atoms with Crippen LogP contribution in [0.3, 0.4) is 0 Å². The van der Waals surface area contributed by atoms with Gasteiger partial charge in [0.1, 0.15) is 12.7 Å². The number of imidazole rings is 1. The van der Waals surface area contributed by atoms with Crippen molar-refractivity contribution in [1.29, 1.82) is 0 Å². The number of piperidine rings is 1. The number of rotatable bonds is 15. The quantitative estimate of drug-likeness (QED) is 0.0740. The Morgan fingerprint density at radius 1 is 0.760 bits per heavy atom. The molecule has 4 fully saturated rings. The van der Waals surface area contributed by atoms with Crippen LogP contribution in [0, 0.1) is 0 Å². The first-order valence-corrected chi connectivity index (χ1v) is 25.4. The minimum Gasteiger partial charge on any atom is -0.451 e. The van der Waals surface area contributed by atoms with Crippen molar-refractivity contribution in [2.24, 2.45) is 0 Å². The molecule has 5 aromatic rings. The number of fused-ring (bicyclic) bond motifs is 1. The average molecular weight is 1040 g/mol. The molecule has 3 aromatic carbocycles. The largest absolute Gasteiger partial charge is 0.490 e. The van der Waals surface area contributed by atoms with Crippen molar-refractivity contribution in [3.63, 3.8) is 0 Å². The lowest BCUT2D eigenvalue weighted by molar-refractivity contribution is -0.209. The molecule has 9 rings (SSSR count). The van der Waals surface area contributed by atoms with Gasteiger partial charge in [-0.1, -0.05) is 97.9 Å². The summed E-state index contributed by atoms with van der Waals surface area (Å²) in [6.07, 6.45) is -5.66. The van der Waals surface area contributed by atoms with Gasteiger partial charge in [0, 0.05) is 76.3 Å². The van der Waals surface area contributed by atoms with E-state index in [-0.39, 0.29) is 67.2 Å². The Bertz CT molecular complexity index is 2750. The Morgan fingerprint density at radius 3 is 2.03 bits per heavy atom. The summed E-state index contributed by atoms with van der Waals surface area (Å²) in [5, 5.41) is 26.9. The molecule has 3 aliphatic heterocycles. The topological polar surface area (TPSA) is 238 Å². The fourth-order valence-corrected chi connectivity index (χ4v) is 10.3. The number of hydrogen-bond donors (Lipinski definition) is 6. The number of benzene rings is 3. The number of ether oxygens (including phenoxy) is 2. The van der Waals surface area contributed by atoms with E-state index in [1.165, 1.54) is 10.9 Å². The number of carbonyl (C=O) groups excluding carboxylic acids is 5. The first-order chi connectivity index (χ1) is 36.2. The second-order valence-corrected chi connectivity index (χ2v) is 19.4. The van der Waals surface area contributed by atoms with Crippen LogP contribution in [0.4, 0.5) is 39.3 Å². The number of hydrogen-bond acceptors (Lipinski definition) is 13. The van der Waals surface area contributed by atoms with Crippen molar-refractivity contribution in [1.82, 2.24) is 50.6 Å². The van der Waals surface area contributed by atoms with Crippen LogP contribution in [0.1, 0.15) is 74.1 Å². The zero-order valence-electron chi connectivity index (χ0n) is 41.3. The van der Waals surface area contributed by atoms with Gasteiger partial charge in [-0.05, 0) is 48.8 Å². The molecule has 398 valence electrons. The molecule has 6 amide bonds. The van der Waals surface area contributed by atoms with E-state index in [1.807, 2.05) is 95.9 Å². The number of aromatic nitrogens is 4. The number of halogens is 3. The van der Waals surface area contributed by atoms with Crippen LogP contribution in [-0.2, 0) is 25.7 Å². The molecule has 4 aliphatic rings. The molecular weight excluding hydrogens is 978 g/mol. The normalized spacial score (nSPS) is 22.0. The van der Waals surface area contributed by atoms with Crippen molar-refractivity contribution >= 4 is 53.0 Å². The number of amides is 6. The molecule has 1 saturated carbocycles. The van der Waals surface area contributed by atoms with E-state index in [1.54, 1.807) is 16.7 Å². The standard InChI is InChI=1S/C52H61F3N12O8/c1-2-41(68)61-39-26-40(43(69)44(39)75-47(70)52(53,54)55)67-31-57-42-45(56-27-38(33-14-8-4-9-15-33)34-16-10-5-11-17-34)62-48(63-46(42)67)65-24-20-36(28-65)58-49(71)59-37-21-25-66(29-37)50(72)60-35-18-22-64(23-19-35)51(73)74-30-32-12-6-3-7-13-32/h3-17,31,35-40,43-44,69H,2,18-30H2,1H3,(H,60,72)(H,61,68)(H,56,62,63)(H2,58,59,71)/t36-,37-,39+,40-,43+,44-/m1/s1. The van der Waals surface area contributed by atoms with Crippen LogP contribution in [0.2, 0.25) is 0 Å². The van der Waals surface area contributed by atoms with Gasteiger partial charge in [0.15, 0.2) is 23.1 Å². The number of anilines is 2. The van der Waals surface area contributed by atoms with Crippen LogP contribution >= 0.6 is 0 Å². The number of nitrogens with one attached hydrogen (secondary N) is 5. The Morgan fingerprint density at radius 2 is 1.37 bits per heavy atom. The van der Waals surface area contributed by atoms with Gasteiger partial charge in [0.05, 0.1) is 18.4 Å². The molecule has 0 spiro atoms. The Balaban J connectivity index is 0.853. The Hall–Kier alpha value is -7.69. The van der Waals surface area contributed by atoms with Crippen molar-refractivity contribution < 1.29 is 51.7 Å². The lowest BCUT2D eigenvalue weighted by atomic mass is 9.91. The second kappa shape index (κ2) is 23.2. The molecule has 0 radical (unpaired) electrons. The second-order valence-electron chi connectivity index (χ2n) is 19.4. The van der Waals surface area contributed by atoms with Crippen LogP contribution in [0.5, 0.6) is 0 Å². The van der Waals surface area contributed by atoms with Gasteiger partial charge in [0.25, 0.3) is 0 Å². The zero-order chi connectivity index (χ0) is 52.6. The number of aliphatic hydroxyl groups is 1. The van der Waals surface area contributed by atoms with Crippen molar-refractivity contribution in [2.45, 2.75) is 107 Å². The predicted molar refractivity (Wildman–Crippen MR) is 268 cm³/mol. The number of carbonyl (C=O) groups is 5. The molecule has 20 nitrogen and oxygen atoms in total. The van der Waals surface area contributed by atoms with E-state index in [4.69, 9.17) is 19.4 Å². The van der Waals surface area contributed by atoms with Gasteiger partial charge in [-0.15, -0.1) is 0 Å². The van der Waals surface area contributed by atoms with Crippen molar-refractivity contribution in [2.75, 3.05) is 56.0 Å². The summed E-state index contributed by atoms with van der Waals surface area (Å²) in [5.74, 6) is -2.56. The lowest BCUT2D eigenvalue weighted by Crippen LogP contribution is -2.51. The van der Waals surface area contributed by atoms with E-state index in [9.17, 15) is 42.3 Å². The molecule has 6 N–H and O–H groups in total. The lowest BCUT2D eigenvalue weighted by Gasteiger charge is -2.32. The summed E-state index contributed by atoms with van der Waals surface area (Å²) >= 11 is 0. The monoisotopic (exact) mass is 1040 g/mol. The van der Waals surface area contributed by atoms with Crippen LogP contribution in [0.15, 0.2) is 97.3 Å². The van der Waals surface area contributed by atoms with E-state index >= 15 is 0 Å². The molecule has 0 bridgehead atoms. The van der Waals surface area contributed by atoms with E-state index in [2.05, 4.69) is 31.6 Å². The first-order valence-electron chi connectivity index (χ1n) is 25.4. The van der Waals surface area contributed by atoms with Gasteiger partial charge < -0.3 is 60.4 Å². The summed E-state index contributed by atoms with van der Waals surface area (Å²) in [7, 11) is 0. The third kappa shape index (κ3) is 12.6. The zero-order valence-corrected chi connectivity index (χ0v) is 41.3. The van der Waals surface area contributed by atoms with Crippen molar-refractivity contribution in [3.05, 3.63) is 114 Å². The number of likely N-dealkylation sites (tertiary alicyclic amines) is 2. The summed E-state index contributed by atoms with van der Waals surface area (Å²) in [6.45, 7) is 4.53. The van der Waals surface area contributed by atoms with E-state index < -0.39 is 48.4 Å². The maximum absolute atomic E-state index is 13.5. The highest BCUT2D eigenvalue weighted by Crippen LogP contribution is 2.38. The molecule has 1 aliphatic carbocycles. The highest BCUT2D eigenvalue weighted by atomic mass is 19.4. The number of esters is 1. The molecule has 6 atom stereocenters. The van der Waals surface area contributed by atoms with Crippen LogP contribution < -0.4 is 31.5 Å². The van der Waals surface area contributed by atoms with Gasteiger partial charge >= 0.3 is 30.3 Å². The summed E-state index contributed by atoms with van der Waals surface area (Å²) < 4.78 is 52.2. The third-order valence-corrected chi connectivity index (χ3v) is 14.3. The Kier molecular flexibility index (Phi) is 16.2. The Labute approximate surface area is 430 Å². The summed E-state index contributed by atoms with van der Waals surface area (Å²) in [5.41, 5.74) is 3.49. The maximum Gasteiger partial charge on any atom is 0.490 e. The summed E-state index contributed by atoms with van der Waals surface area (Å²) in [4.78, 5) is 83.8. The smallest absolute Gasteiger partial charge is 0.451 e. The minimum atomic E-state index is -5.34. The number of alkyl halides is 3. The molecule has 75 heavy (non-hydrogen) atoms. The van der Waals surface area contributed by atoms with Gasteiger partial charge in [0.2, 0.25) is 11.9 Å². The molecule has 23 heteroatoms. The highest BCUT2D eigenvalue weighted by Gasteiger charge is 2.51. The minimum absolute atomic E-state index is 0.00487. The van der Waals surface area contributed by atoms with Gasteiger partial charge in [-0.2, -0.15) is 23.1 Å². The number of urea groups is 2.